The molecule has 0 unspecified atom stereocenters. The van der Waals surface area contributed by atoms with Crippen molar-refractivity contribution in [3.8, 4) is 0 Å². The zero-order chi connectivity index (χ0) is 8.93. The predicted octanol–water partition coefficient (Wildman–Crippen LogP) is 1.86. The van der Waals surface area contributed by atoms with Crippen LogP contribution in [0.5, 0.6) is 0 Å². The fourth-order valence-corrected chi connectivity index (χ4v) is 1.04. The van der Waals surface area contributed by atoms with Crippen LogP contribution in [0.1, 0.15) is 0 Å². The summed E-state index contributed by atoms with van der Waals surface area (Å²) in [5, 5.41) is 0. The molecule has 2 heterocycles. The SMILES string of the molecule is C1=COCC(OC2=COCC=C2)=C1. The highest BCUT2D eigenvalue weighted by Gasteiger charge is 2.05. The molecule has 0 N–H and O–H groups in total. The third-order valence-electron chi connectivity index (χ3n) is 1.61. The minimum absolute atomic E-state index is 0.474. The van der Waals surface area contributed by atoms with Gasteiger partial charge in [0.25, 0.3) is 0 Å². The summed E-state index contributed by atoms with van der Waals surface area (Å²) in [6.45, 7) is 1.09. The van der Waals surface area contributed by atoms with Crippen molar-refractivity contribution < 1.29 is 14.2 Å². The van der Waals surface area contributed by atoms with E-state index in [4.69, 9.17) is 14.2 Å². The Balaban J connectivity index is 1.97. The summed E-state index contributed by atoms with van der Waals surface area (Å²) in [5.41, 5.74) is 0. The second kappa shape index (κ2) is 3.85. The van der Waals surface area contributed by atoms with Crippen molar-refractivity contribution >= 4 is 0 Å². The van der Waals surface area contributed by atoms with E-state index in [1.165, 1.54) is 0 Å². The van der Waals surface area contributed by atoms with Gasteiger partial charge in [-0.2, -0.15) is 0 Å². The molecule has 0 radical (unpaired) electrons. The fraction of sp³-hybridized carbons (Fsp3) is 0.200. The van der Waals surface area contributed by atoms with Crippen molar-refractivity contribution in [2.24, 2.45) is 0 Å². The van der Waals surface area contributed by atoms with Crippen molar-refractivity contribution in [3.05, 3.63) is 48.3 Å². The molecule has 3 nitrogen and oxygen atoms in total. The minimum Gasteiger partial charge on any atom is -0.493 e. The van der Waals surface area contributed by atoms with Crippen LogP contribution in [0.25, 0.3) is 0 Å². The maximum atomic E-state index is 5.47. The molecule has 13 heavy (non-hydrogen) atoms. The van der Waals surface area contributed by atoms with Crippen LogP contribution in [0.4, 0.5) is 0 Å². The Morgan fingerprint density at radius 2 is 2.31 bits per heavy atom. The average Bonchev–Trinajstić information content (AvgIpc) is 2.21. The zero-order valence-electron chi connectivity index (χ0n) is 7.10. The monoisotopic (exact) mass is 178 g/mol. The molecule has 2 rings (SSSR count). The topological polar surface area (TPSA) is 27.7 Å². The first-order valence-corrected chi connectivity index (χ1v) is 4.08. The number of hydrogen-bond donors (Lipinski definition) is 0. The second-order valence-electron chi connectivity index (χ2n) is 2.63. The molecule has 0 saturated heterocycles. The van der Waals surface area contributed by atoms with E-state index >= 15 is 0 Å². The van der Waals surface area contributed by atoms with Crippen LogP contribution in [0.3, 0.4) is 0 Å². The molecule has 0 aromatic rings. The van der Waals surface area contributed by atoms with E-state index in [0.29, 0.717) is 19.0 Å². The maximum absolute atomic E-state index is 5.47. The van der Waals surface area contributed by atoms with Gasteiger partial charge in [-0.05, 0) is 24.3 Å². The van der Waals surface area contributed by atoms with Gasteiger partial charge in [0.05, 0.1) is 6.26 Å². The predicted molar refractivity (Wildman–Crippen MR) is 47.4 cm³/mol. The quantitative estimate of drug-likeness (QED) is 0.646. The van der Waals surface area contributed by atoms with Crippen LogP contribution < -0.4 is 0 Å². The third kappa shape index (κ3) is 2.15. The second-order valence-corrected chi connectivity index (χ2v) is 2.63. The molecule has 0 amide bonds. The van der Waals surface area contributed by atoms with Gasteiger partial charge in [0.1, 0.15) is 25.2 Å². The number of rotatable bonds is 2. The molecule has 2 aliphatic rings. The summed E-state index contributed by atoms with van der Waals surface area (Å²) in [4.78, 5) is 0. The van der Waals surface area contributed by atoms with Crippen molar-refractivity contribution in [1.29, 1.82) is 0 Å². The number of ether oxygens (including phenoxy) is 3. The van der Waals surface area contributed by atoms with Crippen LogP contribution in [0, 0.1) is 0 Å². The Kier molecular flexibility index (Phi) is 2.36. The van der Waals surface area contributed by atoms with E-state index < -0.39 is 0 Å². The molecule has 0 bridgehead atoms. The number of allylic oxidation sites excluding steroid dienone is 3. The molecular formula is C10H10O3. The normalized spacial score (nSPS) is 19.7. The van der Waals surface area contributed by atoms with Gasteiger partial charge in [-0.1, -0.05) is 0 Å². The van der Waals surface area contributed by atoms with E-state index in [2.05, 4.69) is 0 Å². The van der Waals surface area contributed by atoms with Gasteiger partial charge in [-0.15, -0.1) is 0 Å². The highest BCUT2D eigenvalue weighted by atomic mass is 16.5. The summed E-state index contributed by atoms with van der Waals surface area (Å²) in [7, 11) is 0. The lowest BCUT2D eigenvalue weighted by Crippen LogP contribution is -2.03. The molecule has 3 heteroatoms. The van der Waals surface area contributed by atoms with Gasteiger partial charge in [0, 0.05) is 0 Å². The minimum atomic E-state index is 0.474. The smallest absolute Gasteiger partial charge is 0.161 e. The Labute approximate surface area is 76.6 Å². The molecule has 0 spiro atoms. The zero-order valence-corrected chi connectivity index (χ0v) is 7.10. The third-order valence-corrected chi connectivity index (χ3v) is 1.61. The lowest BCUT2D eigenvalue weighted by Gasteiger charge is -2.14. The van der Waals surface area contributed by atoms with E-state index in [-0.39, 0.29) is 0 Å². The van der Waals surface area contributed by atoms with Crippen molar-refractivity contribution in [1.82, 2.24) is 0 Å². The van der Waals surface area contributed by atoms with E-state index in [0.717, 1.165) is 5.76 Å². The Morgan fingerprint density at radius 3 is 3.00 bits per heavy atom. The highest BCUT2D eigenvalue weighted by Crippen LogP contribution is 2.13. The summed E-state index contributed by atoms with van der Waals surface area (Å²) in [5.74, 6) is 1.49. The highest BCUT2D eigenvalue weighted by molar-refractivity contribution is 5.18. The van der Waals surface area contributed by atoms with Crippen LogP contribution in [-0.4, -0.2) is 13.2 Å². The van der Waals surface area contributed by atoms with Crippen molar-refractivity contribution in [2.75, 3.05) is 13.2 Å². The summed E-state index contributed by atoms with van der Waals surface area (Å²) in [6.07, 6.45) is 10.7. The first kappa shape index (κ1) is 7.98. The molecule has 68 valence electrons. The molecule has 0 fully saturated rings. The lowest BCUT2D eigenvalue weighted by molar-refractivity contribution is 0.180. The Bertz CT molecular complexity index is 297. The molecular weight excluding hydrogens is 168 g/mol. The van der Waals surface area contributed by atoms with Gasteiger partial charge in [0.2, 0.25) is 0 Å². The van der Waals surface area contributed by atoms with Crippen LogP contribution in [0.15, 0.2) is 48.3 Å². The maximum Gasteiger partial charge on any atom is 0.161 e. The summed E-state index contributed by atoms with van der Waals surface area (Å²) < 4.78 is 15.6. The largest absolute Gasteiger partial charge is 0.493 e. The van der Waals surface area contributed by atoms with Gasteiger partial charge in [-0.25, -0.2) is 0 Å². The average molecular weight is 178 g/mol. The van der Waals surface area contributed by atoms with Gasteiger partial charge < -0.3 is 14.2 Å². The number of hydrogen-bond acceptors (Lipinski definition) is 3. The van der Waals surface area contributed by atoms with Crippen LogP contribution >= 0.6 is 0 Å². The summed E-state index contributed by atoms with van der Waals surface area (Å²) >= 11 is 0. The Morgan fingerprint density at radius 1 is 1.31 bits per heavy atom. The first-order valence-electron chi connectivity index (χ1n) is 4.08. The van der Waals surface area contributed by atoms with Crippen molar-refractivity contribution in [3.63, 3.8) is 0 Å². The van der Waals surface area contributed by atoms with E-state index in [1.807, 2.05) is 18.2 Å². The molecule has 0 saturated carbocycles. The molecule has 2 aliphatic heterocycles. The molecule has 0 aromatic carbocycles. The van der Waals surface area contributed by atoms with E-state index in [1.54, 1.807) is 18.6 Å². The standard InChI is InChI=1S/C10H10O3/c1-3-9(7-11-5-1)13-10-4-2-6-12-8-10/h1-5,8H,6-7H2. The van der Waals surface area contributed by atoms with Crippen LogP contribution in [0.2, 0.25) is 0 Å². The van der Waals surface area contributed by atoms with Gasteiger partial charge in [-0.3, -0.25) is 0 Å². The Hall–Kier alpha value is -1.64. The van der Waals surface area contributed by atoms with E-state index in [9.17, 15) is 0 Å². The van der Waals surface area contributed by atoms with Crippen molar-refractivity contribution in [2.45, 2.75) is 0 Å². The first-order chi connectivity index (χ1) is 6.45. The lowest BCUT2D eigenvalue weighted by atomic mass is 10.4. The fourth-order valence-electron chi connectivity index (χ4n) is 1.04. The molecule has 0 aliphatic carbocycles. The van der Waals surface area contributed by atoms with Gasteiger partial charge >= 0.3 is 0 Å². The molecule has 0 atom stereocenters. The molecule has 0 aromatic heterocycles. The van der Waals surface area contributed by atoms with Crippen LogP contribution in [-0.2, 0) is 14.2 Å². The summed E-state index contributed by atoms with van der Waals surface area (Å²) in [6, 6.07) is 0. The van der Waals surface area contributed by atoms with Gasteiger partial charge in [0.15, 0.2) is 5.76 Å².